The van der Waals surface area contributed by atoms with Crippen LogP contribution in [0.4, 0.5) is 13.2 Å². The molecule has 6 heteroatoms. The molecule has 2 aromatic heterocycles. The molecule has 3 nitrogen and oxygen atoms in total. The Hall–Kier alpha value is -1.59. The van der Waals surface area contributed by atoms with Gasteiger partial charge in [-0.2, -0.15) is 13.2 Å². The minimum Gasteiger partial charge on any atom is -0.220 e. The molecule has 0 atom stereocenters. The summed E-state index contributed by atoms with van der Waals surface area (Å²) in [6.07, 6.45) is -2.98. The van der Waals surface area contributed by atoms with Gasteiger partial charge in [-0.1, -0.05) is 6.07 Å². The van der Waals surface area contributed by atoms with Crippen LogP contribution in [0.5, 0.6) is 0 Å². The lowest BCUT2D eigenvalue weighted by molar-refractivity contribution is -0.144. The van der Waals surface area contributed by atoms with Crippen molar-refractivity contribution in [3.63, 3.8) is 0 Å². The van der Waals surface area contributed by atoms with Crippen molar-refractivity contribution in [2.75, 3.05) is 0 Å². The van der Waals surface area contributed by atoms with Gasteiger partial charge in [0.05, 0.1) is 0 Å². The predicted octanol–water partition coefficient (Wildman–Crippen LogP) is 2.36. The zero-order chi connectivity index (χ0) is 11.2. The molecule has 15 heavy (non-hydrogen) atoms. The van der Waals surface area contributed by atoms with Gasteiger partial charge in [0.25, 0.3) is 5.82 Å². The molecule has 0 fully saturated rings. The summed E-state index contributed by atoms with van der Waals surface area (Å²) in [5, 5.41) is 3.39. The van der Waals surface area contributed by atoms with E-state index in [2.05, 4.69) is 10.1 Å². The van der Waals surface area contributed by atoms with Crippen LogP contribution in [0, 0.1) is 13.8 Å². The first-order chi connectivity index (χ1) is 6.88. The SMILES string of the molecule is Cc1cc(C)c2nc(C(F)(F)F)nn2c1. The van der Waals surface area contributed by atoms with Gasteiger partial charge in [-0.3, -0.25) is 0 Å². The number of hydrogen-bond acceptors (Lipinski definition) is 2. The van der Waals surface area contributed by atoms with E-state index < -0.39 is 12.0 Å². The lowest BCUT2D eigenvalue weighted by atomic mass is 10.2. The quantitative estimate of drug-likeness (QED) is 0.675. The Morgan fingerprint density at radius 3 is 2.53 bits per heavy atom. The smallest absolute Gasteiger partial charge is 0.220 e. The zero-order valence-electron chi connectivity index (χ0n) is 8.13. The van der Waals surface area contributed by atoms with Crippen LogP contribution in [0.3, 0.4) is 0 Å². The van der Waals surface area contributed by atoms with Gasteiger partial charge in [0, 0.05) is 6.20 Å². The van der Waals surface area contributed by atoms with Crippen LogP contribution in [0.15, 0.2) is 12.3 Å². The van der Waals surface area contributed by atoms with Crippen molar-refractivity contribution >= 4 is 5.65 Å². The summed E-state index contributed by atoms with van der Waals surface area (Å²) in [5.41, 5.74) is 1.77. The lowest BCUT2D eigenvalue weighted by Crippen LogP contribution is -2.07. The predicted molar refractivity (Wildman–Crippen MR) is 47.5 cm³/mol. The van der Waals surface area contributed by atoms with E-state index >= 15 is 0 Å². The fourth-order valence-corrected chi connectivity index (χ4v) is 1.44. The van der Waals surface area contributed by atoms with Crippen molar-refractivity contribution in [2.45, 2.75) is 20.0 Å². The first kappa shape index (κ1) is 9.95. The van der Waals surface area contributed by atoms with Crippen molar-refractivity contribution < 1.29 is 13.2 Å². The highest BCUT2D eigenvalue weighted by molar-refractivity contribution is 5.47. The van der Waals surface area contributed by atoms with E-state index in [1.165, 1.54) is 6.20 Å². The molecular formula is C9H8F3N3. The van der Waals surface area contributed by atoms with Gasteiger partial charge >= 0.3 is 6.18 Å². The summed E-state index contributed by atoms with van der Waals surface area (Å²) < 4.78 is 38.1. The normalized spacial score (nSPS) is 12.3. The van der Waals surface area contributed by atoms with Crippen LogP contribution >= 0.6 is 0 Å². The topological polar surface area (TPSA) is 30.2 Å². The van der Waals surface area contributed by atoms with Gasteiger partial charge in [0.1, 0.15) is 0 Å². The Morgan fingerprint density at radius 2 is 1.93 bits per heavy atom. The average molecular weight is 215 g/mol. The first-order valence-electron chi connectivity index (χ1n) is 4.29. The minimum atomic E-state index is -4.49. The molecule has 0 N–H and O–H groups in total. The maximum Gasteiger partial charge on any atom is 0.453 e. The highest BCUT2D eigenvalue weighted by atomic mass is 19.4. The number of aryl methyl sites for hydroxylation is 2. The Bertz CT molecular complexity index is 513. The molecule has 0 aliphatic carbocycles. The number of pyridine rings is 1. The van der Waals surface area contributed by atoms with Gasteiger partial charge < -0.3 is 0 Å². The van der Waals surface area contributed by atoms with Crippen LogP contribution < -0.4 is 0 Å². The largest absolute Gasteiger partial charge is 0.453 e. The van der Waals surface area contributed by atoms with E-state index in [4.69, 9.17) is 0 Å². The summed E-state index contributed by atoms with van der Waals surface area (Å²) in [6, 6.07) is 1.77. The molecule has 0 aliphatic rings. The fraction of sp³-hybridized carbons (Fsp3) is 0.333. The molecule has 0 aliphatic heterocycles. The fourth-order valence-electron chi connectivity index (χ4n) is 1.44. The molecule has 0 unspecified atom stereocenters. The van der Waals surface area contributed by atoms with E-state index in [1.807, 2.05) is 0 Å². The van der Waals surface area contributed by atoms with E-state index in [9.17, 15) is 13.2 Å². The Kier molecular flexibility index (Phi) is 1.95. The standard InChI is InChI=1S/C9H8F3N3/c1-5-3-6(2)7-13-8(9(10,11)12)14-15(7)4-5/h3-4H,1-2H3. The highest BCUT2D eigenvalue weighted by Gasteiger charge is 2.36. The summed E-state index contributed by atoms with van der Waals surface area (Å²) in [7, 11) is 0. The monoisotopic (exact) mass is 215 g/mol. The van der Waals surface area contributed by atoms with Gasteiger partial charge in [0.2, 0.25) is 0 Å². The molecule has 2 aromatic rings. The molecule has 0 spiro atoms. The van der Waals surface area contributed by atoms with Crippen molar-refractivity contribution in [1.29, 1.82) is 0 Å². The zero-order valence-corrected chi connectivity index (χ0v) is 8.13. The number of halogens is 3. The summed E-state index contributed by atoms with van der Waals surface area (Å²) >= 11 is 0. The number of hydrogen-bond donors (Lipinski definition) is 0. The van der Waals surface area contributed by atoms with Crippen LogP contribution in [-0.4, -0.2) is 14.6 Å². The van der Waals surface area contributed by atoms with E-state index in [0.717, 1.165) is 10.1 Å². The van der Waals surface area contributed by atoms with Gasteiger partial charge in [-0.05, 0) is 25.0 Å². The molecule has 80 valence electrons. The van der Waals surface area contributed by atoms with Crippen molar-refractivity contribution in [3.8, 4) is 0 Å². The van der Waals surface area contributed by atoms with Crippen LogP contribution in [0.2, 0.25) is 0 Å². The molecular weight excluding hydrogens is 207 g/mol. The number of rotatable bonds is 0. The Labute approximate surface area is 83.5 Å². The summed E-state index contributed by atoms with van der Waals surface area (Å²) in [5.74, 6) is -1.10. The van der Waals surface area contributed by atoms with Crippen molar-refractivity contribution in [1.82, 2.24) is 14.6 Å². The second-order valence-corrected chi connectivity index (χ2v) is 3.40. The molecule has 0 saturated carbocycles. The maximum absolute atomic E-state index is 12.3. The number of nitrogens with zero attached hydrogens (tertiary/aromatic N) is 3. The Balaban J connectivity index is 2.71. The van der Waals surface area contributed by atoms with Gasteiger partial charge in [-0.15, -0.1) is 5.10 Å². The van der Waals surface area contributed by atoms with Gasteiger partial charge in [-0.25, -0.2) is 9.50 Å². The van der Waals surface area contributed by atoms with E-state index in [-0.39, 0.29) is 5.65 Å². The second-order valence-electron chi connectivity index (χ2n) is 3.40. The molecule has 0 radical (unpaired) electrons. The summed E-state index contributed by atoms with van der Waals surface area (Å²) in [4.78, 5) is 3.45. The van der Waals surface area contributed by atoms with E-state index in [0.29, 0.717) is 5.56 Å². The molecule has 0 aromatic carbocycles. The minimum absolute atomic E-state index is 0.243. The first-order valence-corrected chi connectivity index (χ1v) is 4.29. The van der Waals surface area contributed by atoms with Crippen LogP contribution in [0.25, 0.3) is 5.65 Å². The lowest BCUT2D eigenvalue weighted by Gasteiger charge is -1.97. The second kappa shape index (κ2) is 2.95. The third-order valence-corrected chi connectivity index (χ3v) is 2.01. The van der Waals surface area contributed by atoms with Crippen LogP contribution in [-0.2, 0) is 6.18 Å². The van der Waals surface area contributed by atoms with Gasteiger partial charge in [0.15, 0.2) is 5.65 Å². The van der Waals surface area contributed by atoms with Crippen molar-refractivity contribution in [3.05, 3.63) is 29.2 Å². The Morgan fingerprint density at radius 1 is 1.27 bits per heavy atom. The molecule has 2 rings (SSSR count). The number of aromatic nitrogens is 3. The third kappa shape index (κ3) is 1.67. The summed E-state index contributed by atoms with van der Waals surface area (Å²) in [6.45, 7) is 3.50. The molecule has 0 bridgehead atoms. The number of alkyl halides is 3. The van der Waals surface area contributed by atoms with E-state index in [1.54, 1.807) is 19.9 Å². The van der Waals surface area contributed by atoms with Crippen molar-refractivity contribution in [2.24, 2.45) is 0 Å². The average Bonchev–Trinajstić information content (AvgIpc) is 2.46. The molecule has 0 amide bonds. The number of fused-ring (bicyclic) bond motifs is 1. The maximum atomic E-state index is 12.3. The molecule has 0 saturated heterocycles. The third-order valence-electron chi connectivity index (χ3n) is 2.01. The highest BCUT2D eigenvalue weighted by Crippen LogP contribution is 2.27. The molecule has 2 heterocycles. The van der Waals surface area contributed by atoms with Crippen LogP contribution in [0.1, 0.15) is 17.0 Å².